The quantitative estimate of drug-likeness (QED) is 0.316. The zero-order valence-electron chi connectivity index (χ0n) is 20.6. The number of nitrogens with one attached hydrogen (secondary N) is 2. The molecule has 0 aliphatic carbocycles. The van der Waals surface area contributed by atoms with Crippen LogP contribution in [0.2, 0.25) is 0 Å². The molecule has 11 heteroatoms. The number of nitrogens with zero attached hydrogens (tertiary/aromatic N) is 6. The molecule has 3 aromatic heterocycles. The topological polar surface area (TPSA) is 129 Å². The lowest BCUT2D eigenvalue weighted by molar-refractivity contribution is -0.116. The van der Waals surface area contributed by atoms with E-state index in [-0.39, 0.29) is 29.6 Å². The van der Waals surface area contributed by atoms with Crippen LogP contribution in [-0.4, -0.2) is 35.2 Å². The number of amides is 1. The van der Waals surface area contributed by atoms with Crippen molar-refractivity contribution >= 4 is 40.3 Å². The van der Waals surface area contributed by atoms with E-state index in [2.05, 4.69) is 46.4 Å². The van der Waals surface area contributed by atoms with Crippen molar-refractivity contribution in [2.24, 2.45) is 0 Å². The van der Waals surface area contributed by atoms with Crippen LogP contribution in [0.4, 0.5) is 27.7 Å². The molecule has 0 aliphatic heterocycles. The van der Waals surface area contributed by atoms with Gasteiger partial charge in [0.1, 0.15) is 18.2 Å². The number of nitrogen functional groups attached to an aromatic ring is 1. The number of carbonyl (C=O) groups excluding carboxylic acids is 1. The Kier molecular flexibility index (Phi) is 6.04. The molecule has 0 saturated carbocycles. The van der Waals surface area contributed by atoms with E-state index in [4.69, 9.17) is 10.8 Å². The maximum absolute atomic E-state index is 13.3. The van der Waals surface area contributed by atoms with E-state index in [0.717, 1.165) is 11.4 Å². The second-order valence-corrected chi connectivity index (χ2v) is 9.57. The lowest BCUT2D eigenvalue weighted by Gasteiger charge is -2.14. The number of aromatic nitrogens is 6. The molecule has 2 aromatic carbocycles. The van der Waals surface area contributed by atoms with Crippen molar-refractivity contribution < 1.29 is 9.18 Å². The van der Waals surface area contributed by atoms with Crippen LogP contribution in [0.3, 0.4) is 0 Å². The maximum atomic E-state index is 13.3. The maximum Gasteiger partial charge on any atom is 0.245 e. The van der Waals surface area contributed by atoms with E-state index < -0.39 is 0 Å². The summed E-state index contributed by atoms with van der Waals surface area (Å²) in [4.78, 5) is 26.0. The first-order valence-electron chi connectivity index (χ1n) is 11.6. The fourth-order valence-corrected chi connectivity index (χ4v) is 3.77. The van der Waals surface area contributed by atoms with Crippen molar-refractivity contribution in [2.75, 3.05) is 16.4 Å². The third-order valence-corrected chi connectivity index (χ3v) is 5.65. The second-order valence-electron chi connectivity index (χ2n) is 9.57. The van der Waals surface area contributed by atoms with E-state index in [9.17, 15) is 9.18 Å². The molecule has 37 heavy (non-hydrogen) atoms. The van der Waals surface area contributed by atoms with Gasteiger partial charge >= 0.3 is 0 Å². The smallest absolute Gasteiger partial charge is 0.245 e. The molecule has 0 aliphatic rings. The lowest BCUT2D eigenvalue weighted by atomic mass is 9.92. The van der Waals surface area contributed by atoms with E-state index in [1.807, 2.05) is 36.4 Å². The molecular weight excluding hydrogens is 473 g/mol. The van der Waals surface area contributed by atoms with Crippen molar-refractivity contribution in [2.45, 2.75) is 32.7 Å². The number of hydrogen-bond acceptors (Lipinski definition) is 7. The van der Waals surface area contributed by atoms with Gasteiger partial charge in [0.15, 0.2) is 17.0 Å². The van der Waals surface area contributed by atoms with Crippen molar-refractivity contribution in [3.8, 4) is 5.69 Å². The van der Waals surface area contributed by atoms with E-state index in [1.54, 1.807) is 21.4 Å². The molecular formula is C26H26FN9O. The fourth-order valence-electron chi connectivity index (χ4n) is 3.77. The Balaban J connectivity index is 1.42. The minimum atomic E-state index is -0.351. The Morgan fingerprint density at radius 3 is 2.49 bits per heavy atom. The highest BCUT2D eigenvalue weighted by Crippen LogP contribution is 2.27. The Labute approximate surface area is 212 Å². The number of imidazole rings is 1. The summed E-state index contributed by atoms with van der Waals surface area (Å²) in [7, 11) is 0. The first-order valence-corrected chi connectivity index (χ1v) is 11.6. The molecule has 188 valence electrons. The minimum absolute atomic E-state index is 0.0104. The standard InChI is InChI=1S/C26H26FN9O/c1-26(2,3)19-13-20(36(34-19)18-7-5-4-6-8-18)31-21(37)14-35-15-29-22-23(32-25(28)33-24(22)35)30-17-11-9-16(27)10-12-17/h4-13,15H,14H2,1-3H3,(H,31,37)(H3,28,30,32,33). The van der Waals surface area contributed by atoms with Crippen molar-refractivity contribution in [3.63, 3.8) is 0 Å². The van der Waals surface area contributed by atoms with Crippen LogP contribution in [0.15, 0.2) is 67.0 Å². The normalized spacial score (nSPS) is 11.6. The van der Waals surface area contributed by atoms with Crippen LogP contribution < -0.4 is 16.4 Å². The number of rotatable bonds is 6. The summed E-state index contributed by atoms with van der Waals surface area (Å²) in [5.41, 5.74) is 8.83. The average molecular weight is 500 g/mol. The molecule has 5 aromatic rings. The number of carbonyl (C=O) groups is 1. The molecule has 10 nitrogen and oxygen atoms in total. The monoisotopic (exact) mass is 499 g/mol. The zero-order valence-corrected chi connectivity index (χ0v) is 20.6. The number of anilines is 4. The largest absolute Gasteiger partial charge is 0.368 e. The summed E-state index contributed by atoms with van der Waals surface area (Å²) in [5.74, 6) is 0.276. The van der Waals surface area contributed by atoms with Gasteiger partial charge in [-0.15, -0.1) is 0 Å². The summed E-state index contributed by atoms with van der Waals surface area (Å²) in [6, 6.07) is 17.3. The molecule has 0 atom stereocenters. The van der Waals surface area contributed by atoms with Crippen LogP contribution in [0, 0.1) is 5.82 Å². The molecule has 3 heterocycles. The number of fused-ring (bicyclic) bond motifs is 1. The summed E-state index contributed by atoms with van der Waals surface area (Å²) in [5, 5.41) is 10.8. The highest BCUT2D eigenvalue weighted by Gasteiger charge is 2.22. The second kappa shape index (κ2) is 9.34. The number of benzene rings is 2. The van der Waals surface area contributed by atoms with Gasteiger partial charge in [-0.1, -0.05) is 39.0 Å². The van der Waals surface area contributed by atoms with Crippen LogP contribution in [-0.2, 0) is 16.8 Å². The molecule has 4 N–H and O–H groups in total. The zero-order chi connectivity index (χ0) is 26.2. The summed E-state index contributed by atoms with van der Waals surface area (Å²) < 4.78 is 16.6. The van der Waals surface area contributed by atoms with Crippen LogP contribution in [0.25, 0.3) is 16.9 Å². The van der Waals surface area contributed by atoms with Crippen molar-refractivity contribution in [3.05, 3.63) is 78.5 Å². The molecule has 0 fully saturated rings. The summed E-state index contributed by atoms with van der Waals surface area (Å²) in [6.07, 6.45) is 1.50. The van der Waals surface area contributed by atoms with Gasteiger partial charge < -0.3 is 20.9 Å². The molecule has 0 bridgehead atoms. The predicted octanol–water partition coefficient (Wildman–Crippen LogP) is 4.41. The molecule has 5 rings (SSSR count). The number of halogens is 1. The van der Waals surface area contributed by atoms with Gasteiger partial charge in [-0.25, -0.2) is 14.1 Å². The third-order valence-electron chi connectivity index (χ3n) is 5.65. The van der Waals surface area contributed by atoms with Gasteiger partial charge in [-0.05, 0) is 36.4 Å². The Morgan fingerprint density at radius 2 is 1.78 bits per heavy atom. The number of para-hydroxylation sites is 1. The minimum Gasteiger partial charge on any atom is -0.368 e. The van der Waals surface area contributed by atoms with Gasteiger partial charge in [0, 0.05) is 17.2 Å². The van der Waals surface area contributed by atoms with Gasteiger partial charge in [0.05, 0.1) is 17.7 Å². The molecule has 0 spiro atoms. The Bertz CT molecular complexity index is 1570. The number of hydrogen-bond donors (Lipinski definition) is 3. The molecule has 1 amide bonds. The third kappa shape index (κ3) is 5.10. The Morgan fingerprint density at radius 1 is 1.05 bits per heavy atom. The summed E-state index contributed by atoms with van der Waals surface area (Å²) in [6.45, 7) is 6.13. The first kappa shape index (κ1) is 23.9. The fraction of sp³-hybridized carbons (Fsp3) is 0.192. The van der Waals surface area contributed by atoms with Crippen LogP contribution >= 0.6 is 0 Å². The van der Waals surface area contributed by atoms with Gasteiger partial charge in [0.2, 0.25) is 11.9 Å². The highest BCUT2D eigenvalue weighted by molar-refractivity contribution is 5.92. The van der Waals surface area contributed by atoms with Gasteiger partial charge in [-0.3, -0.25) is 4.79 Å². The van der Waals surface area contributed by atoms with Gasteiger partial charge in [0.25, 0.3) is 0 Å². The van der Waals surface area contributed by atoms with E-state index in [1.165, 1.54) is 18.5 Å². The number of nitrogens with two attached hydrogens (primary N) is 1. The Hall–Kier alpha value is -4.80. The average Bonchev–Trinajstić information content (AvgIpc) is 3.46. The summed E-state index contributed by atoms with van der Waals surface area (Å²) >= 11 is 0. The molecule has 0 saturated heterocycles. The van der Waals surface area contributed by atoms with Crippen LogP contribution in [0.1, 0.15) is 26.5 Å². The van der Waals surface area contributed by atoms with Gasteiger partial charge in [-0.2, -0.15) is 15.1 Å². The highest BCUT2D eigenvalue weighted by atomic mass is 19.1. The molecule has 0 unspecified atom stereocenters. The van der Waals surface area contributed by atoms with Crippen LogP contribution in [0.5, 0.6) is 0 Å². The van der Waals surface area contributed by atoms with Crippen molar-refractivity contribution in [1.29, 1.82) is 0 Å². The molecule has 0 radical (unpaired) electrons. The predicted molar refractivity (Wildman–Crippen MR) is 140 cm³/mol. The SMILES string of the molecule is CC(C)(C)c1cc(NC(=O)Cn2cnc3c(Nc4ccc(F)cc4)nc(N)nc32)n(-c2ccccc2)n1. The van der Waals surface area contributed by atoms with E-state index >= 15 is 0 Å². The lowest BCUT2D eigenvalue weighted by Crippen LogP contribution is -2.20. The van der Waals surface area contributed by atoms with Crippen molar-refractivity contribution in [1.82, 2.24) is 29.3 Å². The first-order chi connectivity index (χ1) is 17.7. The van der Waals surface area contributed by atoms with E-state index in [0.29, 0.717) is 28.5 Å².